The quantitative estimate of drug-likeness (QED) is 0.0653. The lowest BCUT2D eigenvalue weighted by Crippen LogP contribution is -2.33. The molecule has 2 aliphatic rings. The molecule has 0 saturated carbocycles. The largest absolute Gasteiger partial charge is 0.497 e. The molecular formula is C47H44N4O9. The maximum Gasteiger partial charge on any atom is 0.337 e. The number of imide groups is 2. The molecule has 2 N–H and O–H groups in total. The zero-order valence-corrected chi connectivity index (χ0v) is 33.6. The van der Waals surface area contributed by atoms with Gasteiger partial charge in [-0.15, -0.1) is 0 Å². The summed E-state index contributed by atoms with van der Waals surface area (Å²) < 4.78 is 20.1. The molecule has 0 bridgehead atoms. The molecule has 13 nitrogen and oxygen atoms in total. The van der Waals surface area contributed by atoms with Crippen LogP contribution in [0.15, 0.2) is 145 Å². The summed E-state index contributed by atoms with van der Waals surface area (Å²) in [7, 11) is 6.08. The van der Waals surface area contributed by atoms with Crippen molar-refractivity contribution in [1.29, 1.82) is 0 Å². The Balaban J connectivity index is 0.000000205. The third-order valence-corrected chi connectivity index (χ3v) is 9.63. The number of nitrogens with one attached hydrogen (secondary N) is 2. The number of benzene rings is 5. The van der Waals surface area contributed by atoms with Crippen molar-refractivity contribution < 1.29 is 42.9 Å². The first-order valence-corrected chi connectivity index (χ1v) is 19.0. The summed E-state index contributed by atoms with van der Waals surface area (Å²) in [5.74, 6) is -0.486. The second-order valence-electron chi connectivity index (χ2n) is 13.4. The molecule has 60 heavy (non-hydrogen) atoms. The van der Waals surface area contributed by atoms with Crippen LogP contribution in [0.4, 0.5) is 11.4 Å². The number of amides is 4. The van der Waals surface area contributed by atoms with Gasteiger partial charge in [-0.1, -0.05) is 72.8 Å². The highest BCUT2D eigenvalue weighted by atomic mass is 16.5. The van der Waals surface area contributed by atoms with Gasteiger partial charge in [0.1, 0.15) is 22.9 Å². The summed E-state index contributed by atoms with van der Waals surface area (Å²) in [6, 6.07) is 39.2. The van der Waals surface area contributed by atoms with Crippen LogP contribution in [-0.4, -0.2) is 81.0 Å². The highest BCUT2D eigenvalue weighted by molar-refractivity contribution is 6.37. The molecule has 13 heteroatoms. The maximum atomic E-state index is 13.4. The van der Waals surface area contributed by atoms with Crippen LogP contribution in [0.25, 0.3) is 11.1 Å². The zero-order valence-electron chi connectivity index (χ0n) is 33.6. The van der Waals surface area contributed by atoms with Crippen molar-refractivity contribution in [3.63, 3.8) is 0 Å². The molecule has 0 radical (unpaired) electrons. The Morgan fingerprint density at radius 3 is 1.42 bits per heavy atom. The van der Waals surface area contributed by atoms with Gasteiger partial charge in [-0.25, -0.2) is 4.79 Å². The summed E-state index contributed by atoms with van der Waals surface area (Å²) in [6.45, 7) is 0.873. The molecule has 7 rings (SSSR count). The number of anilines is 2. The number of ether oxygens (including phenoxy) is 4. The third kappa shape index (κ3) is 9.60. The number of hydrogen-bond acceptors (Lipinski definition) is 11. The van der Waals surface area contributed by atoms with Crippen molar-refractivity contribution in [2.24, 2.45) is 0 Å². The summed E-state index contributed by atoms with van der Waals surface area (Å²) in [5.41, 5.74) is 5.01. The molecule has 0 aliphatic carbocycles. The molecule has 0 atom stereocenters. The molecule has 0 fully saturated rings. The molecule has 5 aromatic rings. The number of esters is 1. The van der Waals surface area contributed by atoms with Gasteiger partial charge < -0.3 is 29.6 Å². The van der Waals surface area contributed by atoms with Crippen LogP contribution in [0.5, 0.6) is 11.5 Å². The van der Waals surface area contributed by atoms with Crippen LogP contribution in [0.1, 0.15) is 33.5 Å². The average molecular weight is 809 g/mol. The normalized spacial score (nSPS) is 13.7. The number of nitrogens with zero attached hydrogens (tertiary/aromatic N) is 2. The smallest absolute Gasteiger partial charge is 0.337 e. The van der Waals surface area contributed by atoms with E-state index in [1.807, 2.05) is 48.5 Å². The molecule has 2 aliphatic heterocycles. The van der Waals surface area contributed by atoms with E-state index in [0.717, 1.165) is 0 Å². The molecule has 4 amide bonds. The second-order valence-corrected chi connectivity index (χ2v) is 13.4. The van der Waals surface area contributed by atoms with E-state index < -0.39 is 11.9 Å². The minimum atomic E-state index is -0.450. The van der Waals surface area contributed by atoms with E-state index in [1.54, 1.807) is 106 Å². The molecule has 0 unspecified atom stereocenters. The van der Waals surface area contributed by atoms with E-state index in [4.69, 9.17) is 18.9 Å². The standard InChI is InChI=1S/C26H22N2O5.C21H22N2O4/c1-32-21-14-12-20(13-15-21)27-23-22(18-6-4-3-5-7-18)24(29)28(25(23)30)16-17-8-10-19(11-9-17)26(31)33-2;1-26-14-6-13-23-20(24)18(15-7-4-3-5-8-15)19(21(23)25)22-16-9-11-17(27-2)12-10-16/h3-15,27H,16H2,1-2H3;3-5,7-12,22H,6,13-14H2,1-2H3. The van der Waals surface area contributed by atoms with Crippen LogP contribution in [0.3, 0.4) is 0 Å². The molecule has 0 aromatic heterocycles. The topological polar surface area (TPSA) is 153 Å². The predicted molar refractivity (Wildman–Crippen MR) is 227 cm³/mol. The van der Waals surface area contributed by atoms with E-state index in [0.29, 0.717) is 75.8 Å². The minimum absolute atomic E-state index is 0.0727. The number of carbonyl (C=O) groups excluding carboxylic acids is 5. The average Bonchev–Trinajstić information content (AvgIpc) is 3.66. The maximum absolute atomic E-state index is 13.4. The monoisotopic (exact) mass is 808 g/mol. The molecule has 2 heterocycles. The summed E-state index contributed by atoms with van der Waals surface area (Å²) in [4.78, 5) is 66.7. The fourth-order valence-electron chi connectivity index (χ4n) is 6.53. The van der Waals surface area contributed by atoms with Crippen molar-refractivity contribution >= 4 is 52.1 Å². The highest BCUT2D eigenvalue weighted by Crippen LogP contribution is 2.33. The Morgan fingerprint density at radius 1 is 0.533 bits per heavy atom. The predicted octanol–water partition coefficient (Wildman–Crippen LogP) is 6.80. The molecule has 306 valence electrons. The summed E-state index contributed by atoms with van der Waals surface area (Å²) in [5, 5.41) is 6.24. The first-order chi connectivity index (χ1) is 29.2. The lowest BCUT2D eigenvalue weighted by molar-refractivity contribution is -0.138. The first-order valence-electron chi connectivity index (χ1n) is 19.0. The molecular weight excluding hydrogens is 765 g/mol. The number of rotatable bonds is 15. The first kappa shape index (κ1) is 42.1. The second kappa shape index (κ2) is 19.8. The van der Waals surface area contributed by atoms with Crippen molar-refractivity contribution in [3.05, 3.63) is 167 Å². The van der Waals surface area contributed by atoms with Gasteiger partial charge in [0.15, 0.2) is 0 Å². The van der Waals surface area contributed by atoms with E-state index in [2.05, 4.69) is 10.6 Å². The van der Waals surface area contributed by atoms with Gasteiger partial charge in [0, 0.05) is 31.6 Å². The van der Waals surface area contributed by atoms with E-state index in [9.17, 15) is 24.0 Å². The lowest BCUT2D eigenvalue weighted by Gasteiger charge is -2.16. The SMILES string of the molecule is COC(=O)c1ccc(CN2C(=O)C(Nc3ccc(OC)cc3)=C(c3ccccc3)C2=O)cc1.COCCCN1C(=O)C(Nc2ccc(OC)cc2)=C(c2ccccc2)C1=O. The summed E-state index contributed by atoms with van der Waals surface area (Å²) >= 11 is 0. The van der Waals surface area contributed by atoms with Gasteiger partial charge in [0.2, 0.25) is 0 Å². The van der Waals surface area contributed by atoms with Gasteiger partial charge in [0.05, 0.1) is 44.6 Å². The fraction of sp³-hybridized carbons (Fsp3) is 0.170. The van der Waals surface area contributed by atoms with Crippen molar-refractivity contribution in [3.8, 4) is 11.5 Å². The van der Waals surface area contributed by atoms with Gasteiger partial charge in [-0.05, 0) is 83.8 Å². The molecule has 0 spiro atoms. The van der Waals surface area contributed by atoms with Gasteiger partial charge in [-0.2, -0.15) is 0 Å². The van der Waals surface area contributed by atoms with Gasteiger partial charge >= 0.3 is 5.97 Å². The van der Waals surface area contributed by atoms with Crippen LogP contribution < -0.4 is 20.1 Å². The van der Waals surface area contributed by atoms with Crippen LogP contribution in [0, 0.1) is 0 Å². The Morgan fingerprint density at radius 2 is 0.983 bits per heavy atom. The number of carbonyl (C=O) groups is 5. The third-order valence-electron chi connectivity index (χ3n) is 9.63. The molecule has 0 saturated heterocycles. The highest BCUT2D eigenvalue weighted by Gasteiger charge is 2.40. The van der Waals surface area contributed by atoms with Crippen LogP contribution in [-0.2, 0) is 35.2 Å². The van der Waals surface area contributed by atoms with Crippen LogP contribution >= 0.6 is 0 Å². The lowest BCUT2D eigenvalue weighted by atomic mass is 10.0. The van der Waals surface area contributed by atoms with Gasteiger partial charge in [0.25, 0.3) is 23.6 Å². The Hall–Kier alpha value is -7.51. The van der Waals surface area contributed by atoms with E-state index >= 15 is 0 Å². The Bertz CT molecular complexity index is 2400. The van der Waals surface area contributed by atoms with Crippen LogP contribution in [0.2, 0.25) is 0 Å². The Labute approximate surface area is 347 Å². The Kier molecular flexibility index (Phi) is 13.9. The van der Waals surface area contributed by atoms with Gasteiger partial charge in [-0.3, -0.25) is 29.0 Å². The van der Waals surface area contributed by atoms with Crippen molar-refractivity contribution in [1.82, 2.24) is 9.80 Å². The fourth-order valence-corrected chi connectivity index (χ4v) is 6.53. The minimum Gasteiger partial charge on any atom is -0.497 e. The zero-order chi connectivity index (χ0) is 42.6. The number of methoxy groups -OCH3 is 4. The van der Waals surface area contributed by atoms with E-state index in [-0.39, 0.29) is 35.7 Å². The molecule has 5 aromatic carbocycles. The van der Waals surface area contributed by atoms with Crippen molar-refractivity contribution in [2.75, 3.05) is 52.2 Å². The summed E-state index contributed by atoms with van der Waals surface area (Å²) in [6.07, 6.45) is 0.589. The van der Waals surface area contributed by atoms with Crippen molar-refractivity contribution in [2.45, 2.75) is 13.0 Å². The number of hydrogen-bond donors (Lipinski definition) is 2. The van der Waals surface area contributed by atoms with E-state index in [1.165, 1.54) is 16.9 Å².